The van der Waals surface area contributed by atoms with Gasteiger partial charge in [0.1, 0.15) is 0 Å². The van der Waals surface area contributed by atoms with Crippen LogP contribution in [0.4, 0.5) is 8.78 Å². The molecule has 0 spiro atoms. The number of hydrogen-bond donors (Lipinski definition) is 0. The van der Waals surface area contributed by atoms with E-state index in [0.717, 1.165) is 24.2 Å². The summed E-state index contributed by atoms with van der Waals surface area (Å²) in [5.74, 6) is -1.91. The topological polar surface area (TPSA) is 18.5 Å². The summed E-state index contributed by atoms with van der Waals surface area (Å²) in [5, 5.41) is 0.751. The van der Waals surface area contributed by atoms with E-state index < -0.39 is 11.6 Å². The molecule has 1 saturated heterocycles. The number of halogens is 4. The van der Waals surface area contributed by atoms with Crippen molar-refractivity contribution in [1.29, 1.82) is 0 Å². The van der Waals surface area contributed by atoms with Gasteiger partial charge in [0.25, 0.3) is 0 Å². The zero-order valence-electron chi connectivity index (χ0n) is 10.2. The highest BCUT2D eigenvalue weighted by molar-refractivity contribution is 9.10. The first kappa shape index (κ1) is 15.2. The minimum absolute atomic E-state index is 0.0568. The molecule has 0 aliphatic carbocycles. The second-order valence-corrected chi connectivity index (χ2v) is 6.21. The van der Waals surface area contributed by atoms with E-state index in [2.05, 4.69) is 31.9 Å². The maximum Gasteiger partial charge on any atom is 0.200 e. The standard InChI is InChI=1S/C13H14Br2F2O2/c14-7-13(1-3-18-4-2-13)8-19-11-6-9(15)5-10(16)12(11)17/h5-6H,1-4,7-8H2. The van der Waals surface area contributed by atoms with E-state index in [0.29, 0.717) is 24.3 Å². The van der Waals surface area contributed by atoms with E-state index in [4.69, 9.17) is 9.47 Å². The molecule has 2 rings (SSSR count). The zero-order chi connectivity index (χ0) is 13.9. The summed E-state index contributed by atoms with van der Waals surface area (Å²) in [6, 6.07) is 2.52. The van der Waals surface area contributed by atoms with Crippen LogP contribution in [0, 0.1) is 17.0 Å². The van der Waals surface area contributed by atoms with Gasteiger partial charge in [-0.15, -0.1) is 0 Å². The predicted octanol–water partition coefficient (Wildman–Crippen LogP) is 4.30. The van der Waals surface area contributed by atoms with Crippen molar-refractivity contribution in [3.05, 3.63) is 28.2 Å². The third kappa shape index (κ3) is 3.67. The van der Waals surface area contributed by atoms with Crippen LogP contribution >= 0.6 is 31.9 Å². The smallest absolute Gasteiger partial charge is 0.200 e. The second kappa shape index (κ2) is 6.50. The molecule has 0 unspecified atom stereocenters. The number of rotatable bonds is 4. The van der Waals surface area contributed by atoms with E-state index >= 15 is 0 Å². The summed E-state index contributed by atoms with van der Waals surface area (Å²) >= 11 is 6.60. The Bertz CT molecular complexity index is 449. The van der Waals surface area contributed by atoms with Gasteiger partial charge in [0.05, 0.1) is 6.61 Å². The van der Waals surface area contributed by atoms with Crippen molar-refractivity contribution >= 4 is 31.9 Å². The lowest BCUT2D eigenvalue weighted by Crippen LogP contribution is -2.36. The Kier molecular flexibility index (Phi) is 5.20. The molecule has 0 saturated carbocycles. The minimum atomic E-state index is -0.944. The van der Waals surface area contributed by atoms with Crippen molar-refractivity contribution in [2.45, 2.75) is 12.8 Å². The van der Waals surface area contributed by atoms with Crippen LogP contribution in [0.3, 0.4) is 0 Å². The van der Waals surface area contributed by atoms with Crippen molar-refractivity contribution in [2.75, 3.05) is 25.2 Å². The summed E-state index contributed by atoms with van der Waals surface area (Å²) in [6.07, 6.45) is 1.69. The number of benzene rings is 1. The predicted molar refractivity (Wildman–Crippen MR) is 75.8 cm³/mol. The summed E-state index contributed by atoms with van der Waals surface area (Å²) in [4.78, 5) is 0. The van der Waals surface area contributed by atoms with Crippen LogP contribution in [0.2, 0.25) is 0 Å². The Labute approximate surface area is 127 Å². The maximum absolute atomic E-state index is 13.6. The molecule has 1 fully saturated rings. The largest absolute Gasteiger partial charge is 0.490 e. The van der Waals surface area contributed by atoms with E-state index in [9.17, 15) is 8.78 Å². The average molecular weight is 400 g/mol. The van der Waals surface area contributed by atoms with Crippen LogP contribution in [0.15, 0.2) is 16.6 Å². The van der Waals surface area contributed by atoms with Gasteiger partial charge in [0.15, 0.2) is 11.6 Å². The Morgan fingerprint density at radius 2 is 1.95 bits per heavy atom. The fourth-order valence-corrected chi connectivity index (χ4v) is 3.12. The molecule has 1 aliphatic rings. The first-order valence-corrected chi connectivity index (χ1v) is 7.89. The van der Waals surface area contributed by atoms with Gasteiger partial charge in [-0.25, -0.2) is 4.39 Å². The van der Waals surface area contributed by atoms with Crippen LogP contribution in [0.5, 0.6) is 5.75 Å². The second-order valence-electron chi connectivity index (χ2n) is 4.73. The molecule has 106 valence electrons. The van der Waals surface area contributed by atoms with Crippen molar-refractivity contribution < 1.29 is 18.3 Å². The Morgan fingerprint density at radius 3 is 2.58 bits per heavy atom. The van der Waals surface area contributed by atoms with Crippen molar-refractivity contribution in [3.63, 3.8) is 0 Å². The van der Waals surface area contributed by atoms with Gasteiger partial charge in [0.2, 0.25) is 5.82 Å². The average Bonchev–Trinajstić information content (AvgIpc) is 2.42. The highest BCUT2D eigenvalue weighted by Crippen LogP contribution is 2.34. The molecule has 0 radical (unpaired) electrons. The van der Waals surface area contributed by atoms with Gasteiger partial charge in [-0.3, -0.25) is 0 Å². The lowest BCUT2D eigenvalue weighted by atomic mass is 9.83. The molecule has 0 N–H and O–H groups in total. The van der Waals surface area contributed by atoms with Gasteiger partial charge in [-0.2, -0.15) is 4.39 Å². The molecule has 6 heteroatoms. The summed E-state index contributed by atoms with van der Waals surface area (Å²) in [6.45, 7) is 1.68. The molecule has 1 aromatic carbocycles. The van der Waals surface area contributed by atoms with E-state index in [1.807, 2.05) is 0 Å². The number of ether oxygens (including phenoxy) is 2. The van der Waals surface area contributed by atoms with Gasteiger partial charge in [0, 0.05) is 28.4 Å². The molecule has 2 nitrogen and oxygen atoms in total. The zero-order valence-corrected chi connectivity index (χ0v) is 13.4. The van der Waals surface area contributed by atoms with Crippen LogP contribution in [-0.2, 0) is 4.74 Å². The first-order chi connectivity index (χ1) is 9.06. The van der Waals surface area contributed by atoms with Crippen LogP contribution < -0.4 is 4.74 Å². The third-order valence-corrected chi connectivity index (χ3v) is 4.98. The van der Waals surface area contributed by atoms with Gasteiger partial charge >= 0.3 is 0 Å². The molecular weight excluding hydrogens is 386 g/mol. The quantitative estimate of drug-likeness (QED) is 0.555. The number of hydrogen-bond acceptors (Lipinski definition) is 2. The summed E-state index contributed by atoms with van der Waals surface area (Å²) in [7, 11) is 0. The molecule has 0 aromatic heterocycles. The van der Waals surface area contributed by atoms with Gasteiger partial charge < -0.3 is 9.47 Å². The SMILES string of the molecule is Fc1cc(Br)cc(OCC2(CBr)CCOCC2)c1F. The third-order valence-electron chi connectivity index (χ3n) is 3.33. The van der Waals surface area contributed by atoms with Crippen LogP contribution in [0.1, 0.15) is 12.8 Å². The molecule has 0 bridgehead atoms. The maximum atomic E-state index is 13.6. The fourth-order valence-electron chi connectivity index (χ4n) is 1.99. The lowest BCUT2D eigenvalue weighted by molar-refractivity contribution is 0.00276. The Morgan fingerprint density at radius 1 is 1.26 bits per heavy atom. The summed E-state index contributed by atoms with van der Waals surface area (Å²) < 4.78 is 38.2. The molecule has 19 heavy (non-hydrogen) atoms. The Balaban J connectivity index is 2.09. The van der Waals surface area contributed by atoms with E-state index in [1.165, 1.54) is 6.07 Å². The van der Waals surface area contributed by atoms with E-state index in [-0.39, 0.29) is 11.2 Å². The molecule has 0 amide bonds. The number of alkyl halides is 1. The highest BCUT2D eigenvalue weighted by Gasteiger charge is 2.33. The lowest BCUT2D eigenvalue weighted by Gasteiger charge is -2.35. The summed E-state index contributed by atoms with van der Waals surface area (Å²) in [5.41, 5.74) is -0.0799. The monoisotopic (exact) mass is 398 g/mol. The minimum Gasteiger partial charge on any atom is -0.490 e. The molecule has 1 aliphatic heterocycles. The van der Waals surface area contributed by atoms with Crippen molar-refractivity contribution in [1.82, 2.24) is 0 Å². The first-order valence-electron chi connectivity index (χ1n) is 5.97. The fraction of sp³-hybridized carbons (Fsp3) is 0.538. The van der Waals surface area contributed by atoms with Crippen molar-refractivity contribution in [2.24, 2.45) is 5.41 Å². The Hall–Kier alpha value is -0.200. The van der Waals surface area contributed by atoms with E-state index in [1.54, 1.807) is 0 Å². The van der Waals surface area contributed by atoms with Crippen LogP contribution in [-0.4, -0.2) is 25.2 Å². The normalized spacial score (nSPS) is 18.3. The van der Waals surface area contributed by atoms with Crippen LogP contribution in [0.25, 0.3) is 0 Å². The molecule has 0 atom stereocenters. The molecular formula is C13H14Br2F2O2. The van der Waals surface area contributed by atoms with Gasteiger partial charge in [-0.1, -0.05) is 31.9 Å². The van der Waals surface area contributed by atoms with Gasteiger partial charge in [-0.05, 0) is 25.0 Å². The highest BCUT2D eigenvalue weighted by atomic mass is 79.9. The molecule has 1 aromatic rings. The molecule has 1 heterocycles. The van der Waals surface area contributed by atoms with Crippen molar-refractivity contribution in [3.8, 4) is 5.75 Å².